The van der Waals surface area contributed by atoms with Gasteiger partial charge in [-0.1, -0.05) is 12.1 Å². The fourth-order valence-corrected chi connectivity index (χ4v) is 3.45. The minimum Gasteiger partial charge on any atom is -0.492 e. The largest absolute Gasteiger partial charge is 0.492 e. The minimum atomic E-state index is -0.564. The molecule has 3 rings (SSSR count). The van der Waals surface area contributed by atoms with E-state index in [9.17, 15) is 9.59 Å². The Labute approximate surface area is 183 Å². The van der Waals surface area contributed by atoms with E-state index in [-0.39, 0.29) is 5.91 Å². The van der Waals surface area contributed by atoms with Crippen molar-refractivity contribution < 1.29 is 19.1 Å². The number of benzene rings is 2. The summed E-state index contributed by atoms with van der Waals surface area (Å²) in [5, 5.41) is 2.68. The van der Waals surface area contributed by atoms with Crippen LogP contribution >= 0.6 is 0 Å². The van der Waals surface area contributed by atoms with Gasteiger partial charge >= 0.3 is 6.09 Å². The van der Waals surface area contributed by atoms with E-state index in [1.807, 2.05) is 50.8 Å². The number of hydrogen-bond acceptors (Lipinski definition) is 5. The molecule has 0 aliphatic carbocycles. The van der Waals surface area contributed by atoms with Gasteiger partial charge in [-0.3, -0.25) is 10.1 Å². The van der Waals surface area contributed by atoms with Gasteiger partial charge in [0.2, 0.25) is 0 Å². The second-order valence-corrected chi connectivity index (χ2v) is 8.38. The van der Waals surface area contributed by atoms with Crippen molar-refractivity contribution in [3.63, 3.8) is 0 Å². The molecule has 2 aromatic rings. The molecule has 0 saturated carbocycles. The van der Waals surface area contributed by atoms with Crippen molar-refractivity contribution in [1.82, 2.24) is 4.90 Å². The van der Waals surface area contributed by atoms with Crippen LogP contribution < -0.4 is 15.0 Å². The smallest absolute Gasteiger partial charge is 0.412 e. The maximum atomic E-state index is 12.9. The van der Waals surface area contributed by atoms with Gasteiger partial charge in [-0.05, 0) is 64.1 Å². The number of nitrogens with one attached hydrogen (secondary N) is 1. The first-order chi connectivity index (χ1) is 14.8. The van der Waals surface area contributed by atoms with Crippen LogP contribution in [0.2, 0.25) is 0 Å². The van der Waals surface area contributed by atoms with E-state index < -0.39 is 11.7 Å². The van der Waals surface area contributed by atoms with E-state index in [0.29, 0.717) is 30.9 Å². The Morgan fingerprint density at radius 3 is 2.23 bits per heavy atom. The van der Waals surface area contributed by atoms with Crippen LogP contribution in [0.4, 0.5) is 16.2 Å². The third-order valence-corrected chi connectivity index (χ3v) is 4.85. The molecule has 1 N–H and O–H groups in total. The first-order valence-electron chi connectivity index (χ1n) is 10.6. The molecule has 0 aromatic heterocycles. The lowest BCUT2D eigenvalue weighted by Gasteiger charge is -2.36. The maximum Gasteiger partial charge on any atom is 0.412 e. The van der Waals surface area contributed by atoms with Gasteiger partial charge in [0.1, 0.15) is 11.4 Å². The molecule has 2 amide bonds. The molecule has 0 radical (unpaired) electrons. The number of rotatable bonds is 5. The van der Waals surface area contributed by atoms with Crippen molar-refractivity contribution in [2.45, 2.75) is 33.3 Å². The lowest BCUT2D eigenvalue weighted by molar-refractivity contribution is 0.0635. The summed E-state index contributed by atoms with van der Waals surface area (Å²) in [6.45, 7) is 10.8. The summed E-state index contributed by atoms with van der Waals surface area (Å²) in [7, 11) is 0. The van der Waals surface area contributed by atoms with Crippen molar-refractivity contribution in [2.24, 2.45) is 0 Å². The summed E-state index contributed by atoms with van der Waals surface area (Å²) in [5.41, 5.74) is 1.68. The average molecular weight is 426 g/mol. The molecule has 2 aromatic carbocycles. The quantitative estimate of drug-likeness (QED) is 0.769. The Morgan fingerprint density at radius 1 is 0.968 bits per heavy atom. The molecule has 1 heterocycles. The SMILES string of the molecule is CCOc1ccccc1N1CCN(C(=O)c2ccc(NC(=O)OC(C)(C)C)cc2)CC1. The van der Waals surface area contributed by atoms with Gasteiger partial charge in [-0.25, -0.2) is 4.79 Å². The second kappa shape index (κ2) is 9.73. The number of amides is 2. The molecule has 7 nitrogen and oxygen atoms in total. The lowest BCUT2D eigenvalue weighted by atomic mass is 10.1. The summed E-state index contributed by atoms with van der Waals surface area (Å²) in [6, 6.07) is 14.9. The summed E-state index contributed by atoms with van der Waals surface area (Å²) in [5.74, 6) is 0.861. The Bertz CT molecular complexity index is 898. The van der Waals surface area contributed by atoms with E-state index in [1.54, 1.807) is 24.3 Å². The van der Waals surface area contributed by atoms with Crippen LogP contribution in [0, 0.1) is 0 Å². The number of para-hydroxylation sites is 2. The topological polar surface area (TPSA) is 71.1 Å². The highest BCUT2D eigenvalue weighted by Gasteiger charge is 2.24. The standard InChI is InChI=1S/C24H31N3O4/c1-5-30-21-9-7-6-8-20(21)26-14-16-27(17-15-26)22(28)18-10-12-19(13-11-18)25-23(29)31-24(2,3)4/h6-13H,5,14-17H2,1-4H3,(H,25,29). The van der Waals surface area contributed by atoms with Crippen LogP contribution in [-0.4, -0.2) is 55.3 Å². The van der Waals surface area contributed by atoms with Gasteiger partial charge < -0.3 is 19.3 Å². The Balaban J connectivity index is 1.57. The van der Waals surface area contributed by atoms with Crippen molar-refractivity contribution >= 4 is 23.4 Å². The van der Waals surface area contributed by atoms with Gasteiger partial charge in [0.25, 0.3) is 5.91 Å². The predicted molar refractivity (Wildman–Crippen MR) is 122 cm³/mol. The first kappa shape index (κ1) is 22.5. The number of anilines is 2. The summed E-state index contributed by atoms with van der Waals surface area (Å²) < 4.78 is 11.0. The van der Waals surface area contributed by atoms with Crippen LogP contribution in [0.15, 0.2) is 48.5 Å². The molecule has 0 bridgehead atoms. The van der Waals surface area contributed by atoms with Crippen molar-refractivity contribution in [2.75, 3.05) is 43.0 Å². The summed E-state index contributed by atoms with van der Waals surface area (Å²) in [4.78, 5) is 28.9. The molecular formula is C24H31N3O4. The van der Waals surface area contributed by atoms with Gasteiger partial charge in [0.15, 0.2) is 0 Å². The molecule has 1 aliphatic heterocycles. The zero-order valence-electron chi connectivity index (χ0n) is 18.7. The molecule has 166 valence electrons. The fraction of sp³-hybridized carbons (Fsp3) is 0.417. The van der Waals surface area contributed by atoms with Gasteiger partial charge in [0, 0.05) is 37.4 Å². The van der Waals surface area contributed by atoms with Gasteiger partial charge in [-0.15, -0.1) is 0 Å². The van der Waals surface area contributed by atoms with E-state index in [1.165, 1.54) is 0 Å². The zero-order valence-corrected chi connectivity index (χ0v) is 18.7. The Hall–Kier alpha value is -3.22. The molecular weight excluding hydrogens is 394 g/mol. The molecule has 0 spiro atoms. The van der Waals surface area contributed by atoms with Crippen molar-refractivity contribution in [3.8, 4) is 5.75 Å². The molecule has 1 saturated heterocycles. The van der Waals surface area contributed by atoms with Crippen molar-refractivity contribution in [3.05, 3.63) is 54.1 Å². The molecule has 0 atom stereocenters. The molecule has 1 aliphatic rings. The average Bonchev–Trinajstić information content (AvgIpc) is 2.73. The van der Waals surface area contributed by atoms with Crippen LogP contribution in [0.3, 0.4) is 0 Å². The number of carbonyl (C=O) groups is 2. The number of hydrogen-bond donors (Lipinski definition) is 1. The van der Waals surface area contributed by atoms with E-state index in [2.05, 4.69) is 16.3 Å². The molecule has 1 fully saturated rings. The Morgan fingerprint density at radius 2 is 1.61 bits per heavy atom. The third-order valence-electron chi connectivity index (χ3n) is 4.85. The van der Waals surface area contributed by atoms with Crippen molar-refractivity contribution in [1.29, 1.82) is 0 Å². The number of piperazine rings is 1. The van der Waals surface area contributed by atoms with E-state index >= 15 is 0 Å². The van der Waals surface area contributed by atoms with Gasteiger partial charge in [-0.2, -0.15) is 0 Å². The third kappa shape index (κ3) is 6.13. The number of ether oxygens (including phenoxy) is 2. The summed E-state index contributed by atoms with van der Waals surface area (Å²) >= 11 is 0. The van der Waals surface area contributed by atoms with Crippen LogP contribution in [0.25, 0.3) is 0 Å². The lowest BCUT2D eigenvalue weighted by Crippen LogP contribution is -2.48. The molecule has 0 unspecified atom stereocenters. The monoisotopic (exact) mass is 425 g/mol. The minimum absolute atomic E-state index is 0.0124. The van der Waals surface area contributed by atoms with Crippen LogP contribution in [0.1, 0.15) is 38.1 Å². The Kier molecular flexibility index (Phi) is 7.05. The molecule has 7 heteroatoms. The second-order valence-electron chi connectivity index (χ2n) is 8.38. The normalized spacial score (nSPS) is 14.2. The fourth-order valence-electron chi connectivity index (χ4n) is 3.45. The molecule has 31 heavy (non-hydrogen) atoms. The zero-order chi connectivity index (χ0) is 22.4. The highest BCUT2D eigenvalue weighted by molar-refractivity contribution is 5.95. The highest BCUT2D eigenvalue weighted by Crippen LogP contribution is 2.29. The number of nitrogens with zero attached hydrogens (tertiary/aromatic N) is 2. The van der Waals surface area contributed by atoms with E-state index in [0.717, 1.165) is 24.5 Å². The summed E-state index contributed by atoms with van der Waals surface area (Å²) in [6.07, 6.45) is -0.518. The van der Waals surface area contributed by atoms with E-state index in [4.69, 9.17) is 9.47 Å². The maximum absolute atomic E-state index is 12.9. The van der Waals surface area contributed by atoms with Gasteiger partial charge in [0.05, 0.1) is 12.3 Å². The van der Waals surface area contributed by atoms with Crippen LogP contribution in [0.5, 0.6) is 5.75 Å². The first-order valence-corrected chi connectivity index (χ1v) is 10.6. The van der Waals surface area contributed by atoms with Crippen LogP contribution in [-0.2, 0) is 4.74 Å². The number of carbonyl (C=O) groups excluding carboxylic acids is 2. The highest BCUT2D eigenvalue weighted by atomic mass is 16.6. The predicted octanol–water partition coefficient (Wildman–Crippen LogP) is 4.39.